The minimum Gasteiger partial charge on any atom is -0.449 e. The molecule has 26 heavy (non-hydrogen) atoms. The lowest BCUT2D eigenvalue weighted by Gasteiger charge is -2.14. The minimum atomic E-state index is -3.82. The van der Waals surface area contributed by atoms with Gasteiger partial charge in [0.15, 0.2) is 6.10 Å². The van der Waals surface area contributed by atoms with Gasteiger partial charge in [0.05, 0.1) is 15.5 Å². The van der Waals surface area contributed by atoms with Crippen LogP contribution in [0.15, 0.2) is 51.8 Å². The molecular weight excluding hydrogens is 448 g/mol. The van der Waals surface area contributed by atoms with Crippen molar-refractivity contribution >= 4 is 55.1 Å². The summed E-state index contributed by atoms with van der Waals surface area (Å²) in [4.78, 5) is 24.2. The van der Waals surface area contributed by atoms with Gasteiger partial charge in [-0.15, -0.1) is 0 Å². The van der Waals surface area contributed by atoms with Crippen molar-refractivity contribution in [3.05, 3.63) is 57.5 Å². The smallest absolute Gasteiger partial charge is 0.340 e. The maximum absolute atomic E-state index is 12.2. The Bertz CT molecular complexity index is 948. The van der Waals surface area contributed by atoms with Crippen LogP contribution >= 0.6 is 27.5 Å². The van der Waals surface area contributed by atoms with E-state index in [1.807, 2.05) is 0 Å². The van der Waals surface area contributed by atoms with Crippen LogP contribution < -0.4 is 10.5 Å². The molecule has 0 heterocycles. The number of esters is 1. The fourth-order valence-corrected chi connectivity index (χ4v) is 2.97. The highest BCUT2D eigenvalue weighted by atomic mass is 79.9. The van der Waals surface area contributed by atoms with Gasteiger partial charge in [-0.2, -0.15) is 0 Å². The summed E-state index contributed by atoms with van der Waals surface area (Å²) in [5.41, 5.74) is 0.448. The molecule has 0 spiro atoms. The van der Waals surface area contributed by atoms with E-state index in [4.69, 9.17) is 21.5 Å². The second-order valence-corrected chi connectivity index (χ2v) is 8.11. The van der Waals surface area contributed by atoms with Crippen LogP contribution in [0.5, 0.6) is 0 Å². The number of hydrogen-bond acceptors (Lipinski definition) is 5. The molecule has 0 fully saturated rings. The van der Waals surface area contributed by atoms with Gasteiger partial charge in [0.25, 0.3) is 5.91 Å². The summed E-state index contributed by atoms with van der Waals surface area (Å²) in [6, 6.07) is 9.93. The van der Waals surface area contributed by atoms with Crippen molar-refractivity contribution in [1.29, 1.82) is 0 Å². The number of rotatable bonds is 5. The summed E-state index contributed by atoms with van der Waals surface area (Å²) >= 11 is 9.18. The number of primary sulfonamides is 1. The summed E-state index contributed by atoms with van der Waals surface area (Å²) < 4.78 is 28.2. The van der Waals surface area contributed by atoms with E-state index in [-0.39, 0.29) is 15.5 Å². The van der Waals surface area contributed by atoms with Crippen LogP contribution in [0.3, 0.4) is 0 Å². The molecule has 0 aromatic heterocycles. The van der Waals surface area contributed by atoms with Gasteiger partial charge in [-0.25, -0.2) is 18.4 Å². The molecule has 0 bridgehead atoms. The van der Waals surface area contributed by atoms with Gasteiger partial charge in [-0.1, -0.05) is 27.5 Å². The molecule has 7 nitrogen and oxygen atoms in total. The van der Waals surface area contributed by atoms with Crippen molar-refractivity contribution in [2.75, 3.05) is 5.32 Å². The first-order valence-corrected chi connectivity index (χ1v) is 9.89. The third-order valence-corrected chi connectivity index (χ3v) is 5.00. The molecule has 0 aliphatic heterocycles. The van der Waals surface area contributed by atoms with E-state index in [0.717, 1.165) is 0 Å². The van der Waals surface area contributed by atoms with E-state index >= 15 is 0 Å². The van der Waals surface area contributed by atoms with Crippen molar-refractivity contribution in [3.8, 4) is 0 Å². The Labute approximate surface area is 163 Å². The zero-order valence-electron chi connectivity index (χ0n) is 13.4. The highest BCUT2D eigenvalue weighted by Crippen LogP contribution is 2.22. The molecule has 10 heteroatoms. The van der Waals surface area contributed by atoms with E-state index in [1.54, 1.807) is 6.07 Å². The maximum Gasteiger partial charge on any atom is 0.340 e. The Morgan fingerprint density at radius 2 is 1.81 bits per heavy atom. The third kappa shape index (κ3) is 5.28. The van der Waals surface area contributed by atoms with Crippen molar-refractivity contribution in [3.63, 3.8) is 0 Å². The highest BCUT2D eigenvalue weighted by Gasteiger charge is 2.21. The van der Waals surface area contributed by atoms with Crippen molar-refractivity contribution in [2.45, 2.75) is 17.9 Å². The van der Waals surface area contributed by atoms with Gasteiger partial charge in [0, 0.05) is 10.2 Å². The number of carbonyl (C=O) groups is 2. The number of ether oxygens (including phenoxy) is 1. The third-order valence-electron chi connectivity index (χ3n) is 3.25. The van der Waals surface area contributed by atoms with Gasteiger partial charge < -0.3 is 10.1 Å². The zero-order chi connectivity index (χ0) is 19.5. The topological polar surface area (TPSA) is 116 Å². The fourth-order valence-electron chi connectivity index (χ4n) is 1.90. The first kappa shape index (κ1) is 20.4. The number of sulfonamides is 1. The summed E-state index contributed by atoms with van der Waals surface area (Å²) in [6.45, 7) is 1.40. The predicted octanol–water partition coefficient (Wildman–Crippen LogP) is 2.93. The normalized spacial score (nSPS) is 12.3. The summed E-state index contributed by atoms with van der Waals surface area (Å²) in [7, 11) is -3.82. The van der Waals surface area contributed by atoms with Gasteiger partial charge in [-0.3, -0.25) is 4.79 Å². The van der Waals surface area contributed by atoms with E-state index in [0.29, 0.717) is 10.2 Å². The molecule has 0 aliphatic carbocycles. The van der Waals surface area contributed by atoms with Gasteiger partial charge in [0.1, 0.15) is 0 Å². The predicted molar refractivity (Wildman–Crippen MR) is 100 cm³/mol. The van der Waals surface area contributed by atoms with Crippen LogP contribution in [0.25, 0.3) is 0 Å². The minimum absolute atomic E-state index is 0.0840. The Hall–Kier alpha value is -1.94. The molecule has 0 saturated heterocycles. The second kappa shape index (κ2) is 8.17. The Kier molecular flexibility index (Phi) is 6.40. The van der Waals surface area contributed by atoms with Gasteiger partial charge in [0.2, 0.25) is 10.0 Å². The molecule has 1 unspecified atom stereocenters. The number of amides is 1. The number of nitrogens with one attached hydrogen (secondary N) is 1. The molecule has 0 aliphatic rings. The molecular formula is C16H14BrClN2O5S. The number of carbonyl (C=O) groups excluding carboxylic acids is 2. The van der Waals surface area contributed by atoms with E-state index < -0.39 is 28.0 Å². The highest BCUT2D eigenvalue weighted by molar-refractivity contribution is 9.10. The molecule has 2 rings (SSSR count). The average Bonchev–Trinajstić information content (AvgIpc) is 2.56. The summed E-state index contributed by atoms with van der Waals surface area (Å²) in [5, 5.41) is 7.71. The van der Waals surface area contributed by atoms with Crippen molar-refractivity contribution < 1.29 is 22.7 Å². The quantitative estimate of drug-likeness (QED) is 0.664. The molecule has 1 atom stereocenters. The summed E-state index contributed by atoms with van der Waals surface area (Å²) in [6.07, 6.45) is -1.10. The lowest BCUT2D eigenvalue weighted by molar-refractivity contribution is -0.123. The lowest BCUT2D eigenvalue weighted by atomic mass is 10.2. The van der Waals surface area contributed by atoms with Crippen LogP contribution in [0.1, 0.15) is 17.3 Å². The SMILES string of the molecule is CC(OC(=O)c1cc(Br)ccc1Cl)C(=O)Nc1ccc(S(N)(=O)=O)cc1. The Morgan fingerprint density at radius 1 is 1.19 bits per heavy atom. The van der Waals surface area contributed by atoms with Crippen molar-refractivity contribution in [1.82, 2.24) is 0 Å². The van der Waals surface area contributed by atoms with E-state index in [2.05, 4.69) is 21.2 Å². The van der Waals surface area contributed by atoms with E-state index in [9.17, 15) is 18.0 Å². The number of benzene rings is 2. The number of anilines is 1. The summed E-state index contributed by atoms with van der Waals surface area (Å²) in [5.74, 6) is -1.34. The second-order valence-electron chi connectivity index (χ2n) is 5.23. The van der Waals surface area contributed by atoms with Gasteiger partial charge in [-0.05, 0) is 49.4 Å². The van der Waals surface area contributed by atoms with Gasteiger partial charge >= 0.3 is 5.97 Å². The Balaban J connectivity index is 2.03. The number of hydrogen-bond donors (Lipinski definition) is 2. The zero-order valence-corrected chi connectivity index (χ0v) is 16.6. The fraction of sp³-hybridized carbons (Fsp3) is 0.125. The average molecular weight is 462 g/mol. The molecule has 0 radical (unpaired) electrons. The van der Waals surface area contributed by atoms with Crippen LogP contribution in [0, 0.1) is 0 Å². The van der Waals surface area contributed by atoms with Crippen LogP contribution in [-0.4, -0.2) is 26.4 Å². The standard InChI is InChI=1S/C16H14BrClN2O5S/c1-9(25-16(22)13-8-10(17)2-7-14(13)18)15(21)20-11-3-5-12(6-4-11)26(19,23)24/h2-9H,1H3,(H,20,21)(H2,19,23,24). The van der Waals surface area contributed by atoms with E-state index in [1.165, 1.54) is 43.3 Å². The molecule has 0 saturated carbocycles. The largest absolute Gasteiger partial charge is 0.449 e. The molecule has 2 aromatic carbocycles. The van der Waals surface area contributed by atoms with Crippen LogP contribution in [0.2, 0.25) is 5.02 Å². The first-order chi connectivity index (χ1) is 12.1. The number of nitrogens with two attached hydrogens (primary N) is 1. The molecule has 2 aromatic rings. The molecule has 138 valence electrons. The Morgan fingerprint density at radius 3 is 2.38 bits per heavy atom. The monoisotopic (exact) mass is 460 g/mol. The molecule has 1 amide bonds. The van der Waals surface area contributed by atoms with Crippen LogP contribution in [0.4, 0.5) is 5.69 Å². The van der Waals surface area contributed by atoms with Crippen LogP contribution in [-0.2, 0) is 19.6 Å². The number of halogens is 2. The molecule has 3 N–H and O–H groups in total. The lowest BCUT2D eigenvalue weighted by Crippen LogP contribution is -2.30. The maximum atomic E-state index is 12.2. The van der Waals surface area contributed by atoms with Crippen molar-refractivity contribution in [2.24, 2.45) is 5.14 Å². The first-order valence-electron chi connectivity index (χ1n) is 7.17.